The third kappa shape index (κ3) is 6.70. The Kier molecular flexibility index (Phi) is 8.87. The normalized spacial score (nSPS) is 10.5. The Balaban J connectivity index is 1.80. The fourth-order valence-corrected chi connectivity index (χ4v) is 3.15. The second-order valence-corrected chi connectivity index (χ2v) is 7.05. The van der Waals surface area contributed by atoms with Crippen LogP contribution >= 0.6 is 28.1 Å². The van der Waals surface area contributed by atoms with Gasteiger partial charge < -0.3 is 20.1 Å². The van der Waals surface area contributed by atoms with E-state index in [-0.39, 0.29) is 0 Å². The van der Waals surface area contributed by atoms with Gasteiger partial charge in [0.15, 0.2) is 16.6 Å². The van der Waals surface area contributed by atoms with Crippen LogP contribution in [0.2, 0.25) is 0 Å². The number of aromatic nitrogens is 2. The first kappa shape index (κ1) is 21.5. The molecule has 1 aromatic carbocycles. The maximum atomic E-state index is 5.67. The summed E-state index contributed by atoms with van der Waals surface area (Å²) in [5.41, 5.74) is 2.11. The minimum atomic E-state index is 0.580. The molecule has 0 saturated carbocycles. The number of aryl methyl sites for hydroxylation is 1. The highest BCUT2D eigenvalue weighted by atomic mass is 79.9. The largest absolute Gasteiger partial charge is 0.490 e. The number of thiocarbonyl (C=S) groups is 1. The molecule has 0 unspecified atom stereocenters. The number of hydrogen-bond donors (Lipinski definition) is 2. The maximum absolute atomic E-state index is 5.67. The van der Waals surface area contributed by atoms with Gasteiger partial charge in [-0.25, -0.2) is 0 Å². The van der Waals surface area contributed by atoms with Crippen molar-refractivity contribution in [3.05, 3.63) is 40.1 Å². The van der Waals surface area contributed by atoms with E-state index in [9.17, 15) is 0 Å². The molecule has 0 radical (unpaired) electrons. The Hall–Kier alpha value is -1.80. The molecule has 0 spiro atoms. The van der Waals surface area contributed by atoms with Crippen molar-refractivity contribution in [1.29, 1.82) is 0 Å². The van der Waals surface area contributed by atoms with Crippen LogP contribution in [0.4, 0.5) is 0 Å². The first-order chi connectivity index (χ1) is 13.1. The predicted octanol–water partition coefficient (Wildman–Crippen LogP) is 3.67. The van der Waals surface area contributed by atoms with Crippen LogP contribution in [-0.2, 0) is 19.5 Å². The van der Waals surface area contributed by atoms with Gasteiger partial charge in [0.25, 0.3) is 0 Å². The quantitative estimate of drug-likeness (QED) is 0.534. The van der Waals surface area contributed by atoms with E-state index in [0.717, 1.165) is 41.2 Å². The summed E-state index contributed by atoms with van der Waals surface area (Å²) < 4.78 is 14.1. The summed E-state index contributed by atoms with van der Waals surface area (Å²) in [5.74, 6) is 1.57. The average Bonchev–Trinajstić information content (AvgIpc) is 3.02. The third-order valence-corrected chi connectivity index (χ3v) is 4.79. The lowest BCUT2D eigenvalue weighted by Crippen LogP contribution is -2.36. The van der Waals surface area contributed by atoms with E-state index in [1.165, 1.54) is 5.56 Å². The number of nitrogens with one attached hydrogen (secondary N) is 2. The lowest BCUT2D eigenvalue weighted by atomic mass is 10.1. The van der Waals surface area contributed by atoms with Gasteiger partial charge in [-0.05, 0) is 73.0 Å². The summed E-state index contributed by atoms with van der Waals surface area (Å²) in [6, 6.07) is 6.04. The van der Waals surface area contributed by atoms with Crippen molar-refractivity contribution in [3.8, 4) is 11.5 Å². The van der Waals surface area contributed by atoms with Crippen molar-refractivity contribution >= 4 is 33.3 Å². The first-order valence-electron chi connectivity index (χ1n) is 9.19. The van der Waals surface area contributed by atoms with E-state index in [1.807, 2.05) is 36.9 Å². The van der Waals surface area contributed by atoms with Crippen LogP contribution in [-0.4, -0.2) is 34.7 Å². The average molecular weight is 455 g/mol. The zero-order valence-corrected chi connectivity index (χ0v) is 18.5. The molecule has 0 aliphatic heterocycles. The minimum absolute atomic E-state index is 0.580. The third-order valence-electron chi connectivity index (χ3n) is 3.83. The Bertz CT molecular complexity index is 751. The number of hydrogen-bond acceptors (Lipinski definition) is 4. The molecule has 148 valence electrons. The van der Waals surface area contributed by atoms with E-state index in [4.69, 9.17) is 21.7 Å². The molecule has 0 amide bonds. The highest BCUT2D eigenvalue weighted by Gasteiger charge is 2.08. The van der Waals surface area contributed by atoms with Gasteiger partial charge in [-0.1, -0.05) is 6.07 Å². The molecule has 27 heavy (non-hydrogen) atoms. The second-order valence-electron chi connectivity index (χ2n) is 5.79. The molecule has 8 heteroatoms. The monoisotopic (exact) mass is 454 g/mol. The molecule has 1 aromatic heterocycles. The number of ether oxygens (including phenoxy) is 2. The van der Waals surface area contributed by atoms with E-state index in [1.54, 1.807) is 0 Å². The van der Waals surface area contributed by atoms with E-state index in [2.05, 4.69) is 44.7 Å². The van der Waals surface area contributed by atoms with Gasteiger partial charge in [-0.15, -0.1) is 0 Å². The molecule has 6 nitrogen and oxygen atoms in total. The molecule has 0 atom stereocenters. The molecule has 0 bridgehead atoms. The molecule has 2 N–H and O–H groups in total. The molecule has 1 heterocycles. The predicted molar refractivity (Wildman–Crippen MR) is 116 cm³/mol. The molecule has 0 aliphatic rings. The van der Waals surface area contributed by atoms with Crippen LogP contribution in [0.3, 0.4) is 0 Å². The number of benzene rings is 1. The first-order valence-corrected chi connectivity index (χ1v) is 10.4. The summed E-state index contributed by atoms with van der Waals surface area (Å²) >= 11 is 8.87. The van der Waals surface area contributed by atoms with Crippen LogP contribution in [0, 0.1) is 0 Å². The zero-order chi connectivity index (χ0) is 19.6. The summed E-state index contributed by atoms with van der Waals surface area (Å²) in [4.78, 5) is 0. The molecule has 0 fully saturated rings. The fraction of sp³-hybridized carbons (Fsp3) is 0.474. The number of rotatable bonds is 10. The van der Waals surface area contributed by atoms with Crippen molar-refractivity contribution in [2.45, 2.75) is 40.3 Å². The molecule has 2 aromatic rings. The Morgan fingerprint density at radius 3 is 2.56 bits per heavy atom. The topological polar surface area (TPSA) is 60.3 Å². The second kappa shape index (κ2) is 11.1. The zero-order valence-electron chi connectivity index (χ0n) is 16.0. The van der Waals surface area contributed by atoms with Crippen molar-refractivity contribution < 1.29 is 9.47 Å². The fourth-order valence-electron chi connectivity index (χ4n) is 2.52. The Labute approximate surface area is 174 Å². The van der Waals surface area contributed by atoms with Crippen molar-refractivity contribution in [1.82, 2.24) is 20.4 Å². The Morgan fingerprint density at radius 2 is 1.89 bits per heavy atom. The highest BCUT2D eigenvalue weighted by molar-refractivity contribution is 9.10. The summed E-state index contributed by atoms with van der Waals surface area (Å²) in [5, 5.41) is 11.5. The minimum Gasteiger partial charge on any atom is -0.490 e. The summed E-state index contributed by atoms with van der Waals surface area (Å²) in [7, 11) is 0. The van der Waals surface area contributed by atoms with Gasteiger partial charge in [0.1, 0.15) is 0 Å². The van der Waals surface area contributed by atoms with Gasteiger partial charge in [-0.3, -0.25) is 4.68 Å². The lowest BCUT2D eigenvalue weighted by Gasteiger charge is -2.13. The highest BCUT2D eigenvalue weighted by Crippen LogP contribution is 2.28. The van der Waals surface area contributed by atoms with Gasteiger partial charge in [0.05, 0.1) is 29.9 Å². The standard InChI is InChI=1S/C19H27BrN4O2S/c1-4-24-13-15(20)16(23-24)12-22-19(27)21-10-9-14-7-8-17(25-5-2)18(11-14)26-6-3/h7-8,11,13H,4-6,9-10,12H2,1-3H3,(H2,21,22,27). The summed E-state index contributed by atoms with van der Waals surface area (Å²) in [6.07, 6.45) is 2.80. The molecule has 2 rings (SSSR count). The van der Waals surface area contributed by atoms with Crippen molar-refractivity contribution in [3.63, 3.8) is 0 Å². The number of halogens is 1. The van der Waals surface area contributed by atoms with Gasteiger partial charge >= 0.3 is 0 Å². The van der Waals surface area contributed by atoms with Gasteiger partial charge in [0, 0.05) is 19.3 Å². The Morgan fingerprint density at radius 1 is 1.15 bits per heavy atom. The van der Waals surface area contributed by atoms with E-state index >= 15 is 0 Å². The van der Waals surface area contributed by atoms with Crippen molar-refractivity contribution in [2.24, 2.45) is 0 Å². The molecular weight excluding hydrogens is 428 g/mol. The van der Waals surface area contributed by atoms with E-state index in [0.29, 0.717) is 24.9 Å². The van der Waals surface area contributed by atoms with Crippen LogP contribution in [0.25, 0.3) is 0 Å². The van der Waals surface area contributed by atoms with Gasteiger partial charge in [0.2, 0.25) is 0 Å². The molecule has 0 aliphatic carbocycles. The van der Waals surface area contributed by atoms with E-state index < -0.39 is 0 Å². The van der Waals surface area contributed by atoms with Crippen molar-refractivity contribution in [2.75, 3.05) is 19.8 Å². The number of nitrogens with zero attached hydrogens (tertiary/aromatic N) is 2. The van der Waals surface area contributed by atoms with Crippen LogP contribution in [0.15, 0.2) is 28.9 Å². The van der Waals surface area contributed by atoms with Crippen LogP contribution in [0.1, 0.15) is 32.0 Å². The summed E-state index contributed by atoms with van der Waals surface area (Å²) in [6.45, 7) is 9.37. The molecule has 0 saturated heterocycles. The lowest BCUT2D eigenvalue weighted by molar-refractivity contribution is 0.287. The van der Waals surface area contributed by atoms with Crippen LogP contribution in [0.5, 0.6) is 11.5 Å². The van der Waals surface area contributed by atoms with Gasteiger partial charge in [-0.2, -0.15) is 5.10 Å². The smallest absolute Gasteiger partial charge is 0.166 e. The SMILES string of the molecule is CCOc1ccc(CCNC(=S)NCc2nn(CC)cc2Br)cc1OCC. The van der Waals surface area contributed by atoms with Crippen LogP contribution < -0.4 is 20.1 Å². The maximum Gasteiger partial charge on any atom is 0.166 e. The molecular formula is C19H27BrN4O2S.